The van der Waals surface area contributed by atoms with Gasteiger partial charge in [0.15, 0.2) is 0 Å². The minimum absolute atomic E-state index is 0.137. The Balaban J connectivity index is 2.11. The van der Waals surface area contributed by atoms with Gasteiger partial charge in [-0.25, -0.2) is 0 Å². The highest BCUT2D eigenvalue weighted by molar-refractivity contribution is 9.10. The molecule has 1 aromatic rings. The van der Waals surface area contributed by atoms with Crippen molar-refractivity contribution in [3.8, 4) is 0 Å². The van der Waals surface area contributed by atoms with Gasteiger partial charge in [0.1, 0.15) is 0 Å². The first-order valence-electron chi connectivity index (χ1n) is 6.41. The number of carboxylic acid groups (broad SMARTS) is 1. The van der Waals surface area contributed by atoms with Crippen LogP contribution in [0.15, 0.2) is 22.7 Å². The number of carbonyl (C=O) groups is 2. The van der Waals surface area contributed by atoms with Crippen molar-refractivity contribution in [1.82, 2.24) is 4.90 Å². The molecular formula is C14H17BrN2O3. The summed E-state index contributed by atoms with van der Waals surface area (Å²) in [6, 6.07) is 5.15. The van der Waals surface area contributed by atoms with Gasteiger partial charge in [0.05, 0.1) is 11.0 Å². The van der Waals surface area contributed by atoms with Crippen LogP contribution in [-0.2, 0) is 4.79 Å². The number of benzene rings is 1. The number of piperidine rings is 1. The first-order valence-corrected chi connectivity index (χ1v) is 7.20. The number of anilines is 1. The zero-order valence-electron chi connectivity index (χ0n) is 11.2. The molecule has 108 valence electrons. The van der Waals surface area contributed by atoms with Gasteiger partial charge in [-0.15, -0.1) is 0 Å². The normalized spacial score (nSPS) is 17.8. The zero-order valence-corrected chi connectivity index (χ0v) is 12.8. The third kappa shape index (κ3) is 2.80. The first kappa shape index (κ1) is 14.8. The highest BCUT2D eigenvalue weighted by Gasteiger charge is 2.38. The lowest BCUT2D eigenvalue weighted by molar-refractivity contribution is -0.150. The third-order valence-electron chi connectivity index (χ3n) is 3.91. The number of nitrogens with two attached hydrogens (primary N) is 1. The molecule has 0 aromatic heterocycles. The zero-order chi connectivity index (χ0) is 14.9. The number of rotatable bonds is 2. The molecule has 3 N–H and O–H groups in total. The van der Waals surface area contributed by atoms with E-state index in [0.717, 1.165) is 4.47 Å². The van der Waals surface area contributed by atoms with Gasteiger partial charge in [-0.2, -0.15) is 0 Å². The van der Waals surface area contributed by atoms with E-state index < -0.39 is 11.4 Å². The summed E-state index contributed by atoms with van der Waals surface area (Å²) in [6.07, 6.45) is 0.926. The lowest BCUT2D eigenvalue weighted by Gasteiger charge is -2.36. The van der Waals surface area contributed by atoms with Crippen molar-refractivity contribution in [3.63, 3.8) is 0 Å². The largest absolute Gasteiger partial charge is 0.481 e. The quantitative estimate of drug-likeness (QED) is 0.809. The number of aliphatic carboxylic acids is 1. The summed E-state index contributed by atoms with van der Waals surface area (Å²) >= 11 is 3.30. The molecule has 0 atom stereocenters. The van der Waals surface area contributed by atoms with Crippen LogP contribution < -0.4 is 5.73 Å². The number of nitrogen functional groups attached to an aromatic ring is 1. The van der Waals surface area contributed by atoms with Gasteiger partial charge in [-0.1, -0.05) is 15.9 Å². The summed E-state index contributed by atoms with van der Waals surface area (Å²) in [7, 11) is 0. The minimum Gasteiger partial charge on any atom is -0.481 e. The SMILES string of the molecule is CC1(C(=O)O)CCN(C(=O)c2ccc(Br)cc2N)CC1. The van der Waals surface area contributed by atoms with Gasteiger partial charge in [0.2, 0.25) is 0 Å². The van der Waals surface area contributed by atoms with Crippen molar-refractivity contribution in [3.05, 3.63) is 28.2 Å². The summed E-state index contributed by atoms with van der Waals surface area (Å²) in [4.78, 5) is 25.3. The second-order valence-corrected chi connectivity index (χ2v) is 6.31. The third-order valence-corrected chi connectivity index (χ3v) is 4.41. The molecule has 1 aliphatic heterocycles. The van der Waals surface area contributed by atoms with Gasteiger partial charge >= 0.3 is 5.97 Å². The van der Waals surface area contributed by atoms with Gasteiger partial charge < -0.3 is 15.7 Å². The fraction of sp³-hybridized carbons (Fsp3) is 0.429. The first-order chi connectivity index (χ1) is 9.33. The van der Waals surface area contributed by atoms with Crippen LogP contribution in [0.1, 0.15) is 30.1 Å². The van der Waals surface area contributed by atoms with E-state index in [2.05, 4.69) is 15.9 Å². The van der Waals surface area contributed by atoms with Gasteiger partial charge in [-0.05, 0) is 38.0 Å². The molecule has 6 heteroatoms. The van der Waals surface area contributed by atoms with E-state index in [9.17, 15) is 14.7 Å². The van der Waals surface area contributed by atoms with E-state index in [1.807, 2.05) is 0 Å². The van der Waals surface area contributed by atoms with Crippen LogP contribution in [-0.4, -0.2) is 35.0 Å². The molecule has 20 heavy (non-hydrogen) atoms. The smallest absolute Gasteiger partial charge is 0.309 e. The van der Waals surface area contributed by atoms with Gasteiger partial charge in [0.25, 0.3) is 5.91 Å². The monoisotopic (exact) mass is 340 g/mol. The standard InChI is InChI=1S/C14H17BrN2O3/c1-14(13(19)20)4-6-17(7-5-14)12(18)10-3-2-9(15)8-11(10)16/h2-3,8H,4-7,16H2,1H3,(H,19,20). The van der Waals surface area contributed by atoms with Crippen LogP contribution in [0.4, 0.5) is 5.69 Å². The Morgan fingerprint density at radius 3 is 2.45 bits per heavy atom. The lowest BCUT2D eigenvalue weighted by Crippen LogP contribution is -2.45. The number of likely N-dealkylation sites (tertiary alicyclic amines) is 1. The van der Waals surface area contributed by atoms with Crippen molar-refractivity contribution in [2.24, 2.45) is 5.41 Å². The van der Waals surface area contributed by atoms with Crippen LogP contribution in [0.5, 0.6) is 0 Å². The maximum atomic E-state index is 12.4. The fourth-order valence-electron chi connectivity index (χ4n) is 2.32. The molecule has 1 saturated heterocycles. The van der Waals surface area contributed by atoms with Crippen molar-refractivity contribution in [2.75, 3.05) is 18.8 Å². The molecule has 0 saturated carbocycles. The average molecular weight is 341 g/mol. The maximum Gasteiger partial charge on any atom is 0.309 e. The number of carboxylic acids is 1. The molecule has 1 aliphatic rings. The maximum absolute atomic E-state index is 12.4. The van der Waals surface area contributed by atoms with Crippen LogP contribution in [0.25, 0.3) is 0 Å². The molecule has 0 bridgehead atoms. The second kappa shape index (κ2) is 5.44. The molecule has 1 aromatic carbocycles. The Morgan fingerprint density at radius 1 is 1.35 bits per heavy atom. The molecule has 1 fully saturated rings. The number of halogens is 1. The van der Waals surface area contributed by atoms with E-state index in [1.54, 1.807) is 30.0 Å². The Bertz CT molecular complexity index is 551. The molecule has 0 aliphatic carbocycles. The van der Waals surface area contributed by atoms with E-state index >= 15 is 0 Å². The average Bonchev–Trinajstić information content (AvgIpc) is 2.38. The predicted molar refractivity (Wildman–Crippen MR) is 79.4 cm³/mol. The van der Waals surface area contributed by atoms with Crippen LogP contribution in [0.2, 0.25) is 0 Å². The van der Waals surface area contributed by atoms with Crippen LogP contribution in [0.3, 0.4) is 0 Å². The predicted octanol–water partition coefficient (Wildman–Crippen LogP) is 2.36. The van der Waals surface area contributed by atoms with Crippen molar-refractivity contribution >= 4 is 33.5 Å². The van der Waals surface area contributed by atoms with Crippen LogP contribution >= 0.6 is 15.9 Å². The molecule has 5 nitrogen and oxygen atoms in total. The molecule has 0 radical (unpaired) electrons. The Hall–Kier alpha value is -1.56. The summed E-state index contributed by atoms with van der Waals surface area (Å²) in [5, 5.41) is 9.19. The fourth-order valence-corrected chi connectivity index (χ4v) is 2.69. The molecule has 2 rings (SSSR count). The minimum atomic E-state index is -0.798. The van der Waals surface area contributed by atoms with E-state index in [1.165, 1.54) is 0 Å². The number of nitrogens with zero attached hydrogens (tertiary/aromatic N) is 1. The van der Waals surface area contributed by atoms with E-state index in [-0.39, 0.29) is 5.91 Å². The summed E-state index contributed by atoms with van der Waals surface area (Å²) in [5.74, 6) is -0.935. The van der Waals surface area contributed by atoms with Gasteiger partial charge in [-0.3, -0.25) is 9.59 Å². The Kier molecular flexibility index (Phi) is 4.04. The number of amides is 1. The molecule has 0 unspecified atom stereocenters. The number of hydrogen-bond acceptors (Lipinski definition) is 3. The van der Waals surface area contributed by atoms with E-state index in [4.69, 9.17) is 5.73 Å². The number of hydrogen-bond donors (Lipinski definition) is 2. The summed E-state index contributed by atoms with van der Waals surface area (Å²) in [5.41, 5.74) is 6.02. The lowest BCUT2D eigenvalue weighted by atomic mass is 9.80. The second-order valence-electron chi connectivity index (χ2n) is 5.39. The van der Waals surface area contributed by atoms with Crippen molar-refractivity contribution in [2.45, 2.75) is 19.8 Å². The molecule has 1 heterocycles. The van der Waals surface area contributed by atoms with Crippen molar-refractivity contribution in [1.29, 1.82) is 0 Å². The number of carbonyl (C=O) groups excluding carboxylic acids is 1. The highest BCUT2D eigenvalue weighted by atomic mass is 79.9. The van der Waals surface area contributed by atoms with Gasteiger partial charge in [0, 0.05) is 23.2 Å². The van der Waals surface area contributed by atoms with E-state index in [0.29, 0.717) is 37.2 Å². The molecule has 1 amide bonds. The topological polar surface area (TPSA) is 83.6 Å². The van der Waals surface area contributed by atoms with Crippen molar-refractivity contribution < 1.29 is 14.7 Å². The highest BCUT2D eigenvalue weighted by Crippen LogP contribution is 2.32. The van der Waals surface area contributed by atoms with Crippen LogP contribution in [0, 0.1) is 5.41 Å². The Labute approximate surface area is 125 Å². The Morgan fingerprint density at radius 2 is 1.95 bits per heavy atom. The summed E-state index contributed by atoms with van der Waals surface area (Å²) in [6.45, 7) is 2.61. The summed E-state index contributed by atoms with van der Waals surface area (Å²) < 4.78 is 0.823. The molecule has 0 spiro atoms. The molecular weight excluding hydrogens is 324 g/mol.